The van der Waals surface area contributed by atoms with Gasteiger partial charge in [0.05, 0.1) is 0 Å². The first-order valence-corrected chi connectivity index (χ1v) is 8.87. The molecule has 0 amide bonds. The van der Waals surface area contributed by atoms with Crippen molar-refractivity contribution < 1.29 is 0 Å². The third-order valence-electron chi connectivity index (χ3n) is 5.66. The lowest BCUT2D eigenvalue weighted by Gasteiger charge is -2.11. The van der Waals surface area contributed by atoms with Crippen molar-refractivity contribution in [2.75, 3.05) is 0 Å². The second-order valence-corrected chi connectivity index (χ2v) is 7.28. The van der Waals surface area contributed by atoms with E-state index in [-0.39, 0.29) is 0 Å². The Bertz CT molecular complexity index is 1310. The van der Waals surface area contributed by atoms with Crippen molar-refractivity contribution in [3.05, 3.63) is 83.4 Å². The van der Waals surface area contributed by atoms with Gasteiger partial charge in [-0.1, -0.05) is 36.4 Å². The van der Waals surface area contributed by atoms with Crippen LogP contribution in [0.4, 0.5) is 0 Å². The molecule has 0 heterocycles. The van der Waals surface area contributed by atoms with Crippen molar-refractivity contribution in [2.45, 2.75) is 20.8 Å². The van der Waals surface area contributed by atoms with E-state index in [4.69, 9.17) is 0 Å². The van der Waals surface area contributed by atoms with Crippen LogP contribution >= 0.6 is 0 Å². The van der Waals surface area contributed by atoms with E-state index in [1.807, 2.05) is 0 Å². The zero-order valence-electron chi connectivity index (χ0n) is 14.9. The molecule has 0 bridgehead atoms. The fraction of sp³-hybridized carbons (Fsp3) is 0.120. The Morgan fingerprint density at radius 1 is 0.440 bits per heavy atom. The van der Waals surface area contributed by atoms with Gasteiger partial charge in [0.1, 0.15) is 0 Å². The summed E-state index contributed by atoms with van der Waals surface area (Å²) in [7, 11) is 0. The molecule has 0 aliphatic rings. The van der Waals surface area contributed by atoms with E-state index in [2.05, 4.69) is 87.5 Å². The summed E-state index contributed by atoms with van der Waals surface area (Å²) in [5.74, 6) is 0. The Morgan fingerprint density at radius 2 is 0.960 bits per heavy atom. The third kappa shape index (κ3) is 2.14. The molecule has 0 radical (unpaired) electrons. The van der Waals surface area contributed by atoms with Gasteiger partial charge in [-0.15, -0.1) is 0 Å². The average Bonchev–Trinajstić information content (AvgIpc) is 2.60. The molecule has 120 valence electrons. The molecule has 0 nitrogen and oxygen atoms in total. The van der Waals surface area contributed by atoms with Crippen LogP contribution in [0.15, 0.2) is 66.7 Å². The average molecular weight is 320 g/mol. The second-order valence-electron chi connectivity index (χ2n) is 7.28. The van der Waals surface area contributed by atoms with Crippen LogP contribution < -0.4 is 0 Å². The van der Waals surface area contributed by atoms with Crippen molar-refractivity contribution in [1.29, 1.82) is 0 Å². The van der Waals surface area contributed by atoms with E-state index in [0.29, 0.717) is 0 Å². The molecule has 25 heavy (non-hydrogen) atoms. The van der Waals surface area contributed by atoms with E-state index in [1.54, 1.807) is 0 Å². The van der Waals surface area contributed by atoms with E-state index < -0.39 is 0 Å². The van der Waals surface area contributed by atoms with Crippen LogP contribution in [-0.4, -0.2) is 0 Å². The number of hydrogen-bond donors (Lipinski definition) is 0. The van der Waals surface area contributed by atoms with Crippen LogP contribution in [0.5, 0.6) is 0 Å². The normalized spacial score (nSPS) is 11.8. The van der Waals surface area contributed by atoms with Gasteiger partial charge in [0.25, 0.3) is 0 Å². The van der Waals surface area contributed by atoms with Gasteiger partial charge in [-0.3, -0.25) is 0 Å². The predicted molar refractivity (Wildman–Crippen MR) is 111 cm³/mol. The highest BCUT2D eigenvalue weighted by Gasteiger charge is 2.07. The molecule has 0 aliphatic carbocycles. The van der Waals surface area contributed by atoms with Gasteiger partial charge in [0.15, 0.2) is 0 Å². The third-order valence-corrected chi connectivity index (χ3v) is 5.66. The zero-order valence-corrected chi connectivity index (χ0v) is 14.9. The van der Waals surface area contributed by atoms with E-state index in [9.17, 15) is 0 Å². The lowest BCUT2D eigenvalue weighted by molar-refractivity contribution is 1.37. The lowest BCUT2D eigenvalue weighted by Crippen LogP contribution is -1.86. The quantitative estimate of drug-likeness (QED) is 0.264. The Labute approximate surface area is 147 Å². The van der Waals surface area contributed by atoms with Crippen LogP contribution in [0.1, 0.15) is 16.7 Å². The highest BCUT2D eigenvalue weighted by atomic mass is 14.1. The van der Waals surface area contributed by atoms with Crippen molar-refractivity contribution in [3.8, 4) is 0 Å². The standard InChI is InChI=1S/C25H20/c1-15-8-19-11-21-13-23-10-18-6-4-5-7-24(18)17(3)25(23)14-22(21)12-20(19)9-16(15)2/h4-14H,1-3H3. The monoisotopic (exact) mass is 320 g/mol. The van der Waals surface area contributed by atoms with Crippen molar-refractivity contribution in [2.24, 2.45) is 0 Å². The maximum absolute atomic E-state index is 2.36. The summed E-state index contributed by atoms with van der Waals surface area (Å²) >= 11 is 0. The van der Waals surface area contributed by atoms with Gasteiger partial charge in [0, 0.05) is 0 Å². The molecule has 0 heteroatoms. The summed E-state index contributed by atoms with van der Waals surface area (Å²) < 4.78 is 0. The Hall–Kier alpha value is -2.86. The van der Waals surface area contributed by atoms with E-state index in [1.165, 1.54) is 59.8 Å². The van der Waals surface area contributed by atoms with E-state index in [0.717, 1.165) is 0 Å². The number of fused-ring (bicyclic) bond motifs is 4. The minimum absolute atomic E-state index is 1.32. The molecular formula is C25H20. The minimum atomic E-state index is 1.32. The fourth-order valence-corrected chi connectivity index (χ4v) is 4.07. The molecule has 0 saturated carbocycles. The van der Waals surface area contributed by atoms with Gasteiger partial charge in [-0.2, -0.15) is 0 Å². The smallest absolute Gasteiger partial charge is 0.0142 e. The molecular weight excluding hydrogens is 300 g/mol. The molecule has 0 unspecified atom stereocenters. The molecule has 0 aromatic heterocycles. The van der Waals surface area contributed by atoms with Gasteiger partial charge >= 0.3 is 0 Å². The molecule has 0 spiro atoms. The van der Waals surface area contributed by atoms with Crippen molar-refractivity contribution in [3.63, 3.8) is 0 Å². The fourth-order valence-electron chi connectivity index (χ4n) is 4.07. The number of aryl methyl sites for hydroxylation is 3. The first kappa shape index (κ1) is 14.5. The summed E-state index contributed by atoms with van der Waals surface area (Å²) in [6, 6.07) is 25.0. The summed E-state index contributed by atoms with van der Waals surface area (Å²) in [5, 5.41) is 10.6. The van der Waals surface area contributed by atoms with Crippen LogP contribution in [0, 0.1) is 20.8 Å². The Balaban J connectivity index is 1.93. The lowest BCUT2D eigenvalue weighted by atomic mass is 9.93. The SMILES string of the molecule is Cc1cc2cc3cc4cc5ccccc5c(C)c4cc3cc2cc1C. The number of hydrogen-bond acceptors (Lipinski definition) is 0. The van der Waals surface area contributed by atoms with Crippen LogP contribution in [0.3, 0.4) is 0 Å². The summed E-state index contributed by atoms with van der Waals surface area (Å²) in [4.78, 5) is 0. The maximum Gasteiger partial charge on any atom is -0.0142 e. The molecule has 0 fully saturated rings. The van der Waals surface area contributed by atoms with Gasteiger partial charge in [-0.05, 0) is 111 Å². The maximum atomic E-state index is 2.36. The molecule has 0 saturated heterocycles. The molecule has 5 rings (SSSR count). The molecule has 0 N–H and O–H groups in total. The highest BCUT2D eigenvalue weighted by Crippen LogP contribution is 2.33. The Kier molecular flexibility index (Phi) is 2.93. The summed E-state index contributed by atoms with van der Waals surface area (Å²) in [6.45, 7) is 6.62. The topological polar surface area (TPSA) is 0 Å². The van der Waals surface area contributed by atoms with Crippen LogP contribution in [-0.2, 0) is 0 Å². The van der Waals surface area contributed by atoms with Gasteiger partial charge in [0.2, 0.25) is 0 Å². The molecule has 0 aliphatic heterocycles. The largest absolute Gasteiger partial charge is 0.0616 e. The molecule has 5 aromatic rings. The minimum Gasteiger partial charge on any atom is -0.0616 e. The first-order valence-electron chi connectivity index (χ1n) is 8.87. The first-order chi connectivity index (χ1) is 12.1. The molecule has 5 aromatic carbocycles. The van der Waals surface area contributed by atoms with Crippen LogP contribution in [0.25, 0.3) is 43.1 Å². The van der Waals surface area contributed by atoms with Crippen molar-refractivity contribution >= 4 is 43.1 Å². The summed E-state index contributed by atoms with van der Waals surface area (Å²) in [6.07, 6.45) is 0. The van der Waals surface area contributed by atoms with Gasteiger partial charge < -0.3 is 0 Å². The van der Waals surface area contributed by atoms with Gasteiger partial charge in [-0.25, -0.2) is 0 Å². The zero-order chi connectivity index (χ0) is 17.1. The Morgan fingerprint density at radius 3 is 1.68 bits per heavy atom. The second kappa shape index (κ2) is 5.07. The van der Waals surface area contributed by atoms with Crippen molar-refractivity contribution in [1.82, 2.24) is 0 Å². The number of rotatable bonds is 0. The molecule has 0 atom stereocenters. The van der Waals surface area contributed by atoms with E-state index >= 15 is 0 Å². The predicted octanol–water partition coefficient (Wildman–Crippen LogP) is 7.22. The summed E-state index contributed by atoms with van der Waals surface area (Å²) in [5.41, 5.74) is 4.08. The highest BCUT2D eigenvalue weighted by molar-refractivity contribution is 6.10. The van der Waals surface area contributed by atoms with Crippen LogP contribution in [0.2, 0.25) is 0 Å². The number of benzene rings is 5.